The predicted octanol–water partition coefficient (Wildman–Crippen LogP) is 1.82. The Morgan fingerprint density at radius 3 is 0.955 bits per heavy atom. The van der Waals surface area contributed by atoms with Gasteiger partial charge in [0.1, 0.15) is 0 Å². The molecule has 0 rings (SSSR count). The molecule has 7 nitrogen and oxygen atoms in total. The van der Waals surface area contributed by atoms with Gasteiger partial charge in [-0.1, -0.05) is 0 Å². The summed E-state index contributed by atoms with van der Waals surface area (Å²) in [5.41, 5.74) is 0. The third-order valence-electron chi connectivity index (χ3n) is 3.74. The van der Waals surface area contributed by atoms with Crippen molar-refractivity contribution in [3.05, 3.63) is 0 Å². The van der Waals surface area contributed by atoms with Gasteiger partial charge in [-0.2, -0.15) is 0 Å². The number of hydrogen-bond donors (Lipinski definition) is 0. The van der Waals surface area contributed by atoms with E-state index in [0.717, 1.165) is 0 Å². The Kier molecular flexibility index (Phi) is 8.52. The first-order valence-electron chi connectivity index (χ1n) is 7.28. The summed E-state index contributed by atoms with van der Waals surface area (Å²) in [4.78, 5) is 0. The second-order valence-corrected chi connectivity index (χ2v) is 14.0. The molecule has 0 heterocycles. The fraction of sp³-hybridized carbons (Fsp3) is 0.923. The lowest BCUT2D eigenvalue weighted by atomic mass is 11.2. The van der Waals surface area contributed by atoms with Crippen LogP contribution in [0.5, 0.6) is 0 Å². The molecule has 0 spiro atoms. The molecule has 9 heteroatoms. The van der Waals surface area contributed by atoms with Crippen LogP contribution in [0.25, 0.3) is 0 Å². The van der Waals surface area contributed by atoms with Gasteiger partial charge in [0.25, 0.3) is 0 Å². The minimum atomic E-state index is -1.91. The lowest BCUT2D eigenvalue weighted by molar-refractivity contribution is 0.474. The average Bonchev–Trinajstić information content (AvgIpc) is 2.31. The van der Waals surface area contributed by atoms with Crippen molar-refractivity contribution < 1.29 is 0 Å². The van der Waals surface area contributed by atoms with Crippen LogP contribution >= 0.6 is 14.8 Å². The van der Waals surface area contributed by atoms with E-state index in [4.69, 9.17) is 4.74 Å². The predicted molar refractivity (Wildman–Crippen MR) is 104 cm³/mol. The van der Waals surface area contributed by atoms with Gasteiger partial charge in [-0.15, -0.1) is 0 Å². The lowest BCUT2D eigenvalue weighted by Crippen LogP contribution is -2.33. The molecule has 0 atom stereocenters. The third kappa shape index (κ3) is 4.03. The molecule has 0 N–H and O–H groups in total. The summed E-state index contributed by atoms with van der Waals surface area (Å²) in [6, 6.07) is 0. The van der Waals surface area contributed by atoms with E-state index < -0.39 is 14.8 Å². The zero-order chi connectivity index (χ0) is 17.9. The van der Waals surface area contributed by atoms with Crippen LogP contribution in [0.1, 0.15) is 0 Å². The first kappa shape index (κ1) is 22.3. The molecule has 0 radical (unpaired) electrons. The Hall–Kier alpha value is 0.290. The highest BCUT2D eigenvalue weighted by atomic mass is 31.2. The van der Waals surface area contributed by atoms with Gasteiger partial charge in [0.15, 0.2) is 7.51 Å². The Morgan fingerprint density at radius 2 is 0.773 bits per heavy atom. The monoisotopic (exact) mass is 353 g/mol. The second-order valence-electron chi connectivity index (χ2n) is 6.47. The SMILES string of the molecule is CN(C)P(=CN=P(N(C)C)(N(C)C)N(C)C)(N(C)C)N(C)C. The molecule has 0 aromatic rings. The van der Waals surface area contributed by atoms with E-state index in [1.165, 1.54) is 0 Å². The van der Waals surface area contributed by atoms with E-state index in [2.05, 4.69) is 119 Å². The molecule has 0 fully saturated rings. The molecule has 0 aromatic heterocycles. The standard InChI is InChI=1S/C13H37N7P2/c1-15(2)21(16(3)4,17(5)6)13-14-22(18(7)8,19(9)10)20(11)12/h13H,1-12H3. The fourth-order valence-electron chi connectivity index (χ4n) is 2.90. The van der Waals surface area contributed by atoms with Gasteiger partial charge in [0.05, 0.1) is 13.3 Å². The molecule has 0 aliphatic heterocycles. The van der Waals surface area contributed by atoms with E-state index in [-0.39, 0.29) is 0 Å². The van der Waals surface area contributed by atoms with Crippen LogP contribution in [-0.4, -0.2) is 119 Å². The van der Waals surface area contributed by atoms with Crippen LogP contribution in [0.4, 0.5) is 0 Å². The molecule has 0 aromatic carbocycles. The summed E-state index contributed by atoms with van der Waals surface area (Å²) >= 11 is 0. The maximum Gasteiger partial charge on any atom is 0.170 e. The van der Waals surface area contributed by atoms with Crippen molar-refractivity contribution in [2.75, 3.05) is 84.6 Å². The first-order valence-corrected chi connectivity index (χ1v) is 10.6. The molecular weight excluding hydrogens is 316 g/mol. The van der Waals surface area contributed by atoms with Crippen LogP contribution in [-0.2, 0) is 0 Å². The van der Waals surface area contributed by atoms with Crippen LogP contribution in [0.15, 0.2) is 4.74 Å². The van der Waals surface area contributed by atoms with E-state index in [0.29, 0.717) is 0 Å². The Labute approximate surface area is 138 Å². The third-order valence-corrected chi connectivity index (χ3v) is 11.5. The first-order chi connectivity index (χ1) is 9.87. The van der Waals surface area contributed by atoms with Crippen molar-refractivity contribution in [1.82, 2.24) is 28.0 Å². The molecule has 22 heavy (non-hydrogen) atoms. The average molecular weight is 353 g/mol. The van der Waals surface area contributed by atoms with Crippen LogP contribution in [0, 0.1) is 0 Å². The van der Waals surface area contributed by atoms with Crippen molar-refractivity contribution in [2.24, 2.45) is 4.74 Å². The molecule has 0 amide bonds. The summed E-state index contributed by atoms with van der Waals surface area (Å²) in [5.74, 6) is 2.18. The van der Waals surface area contributed by atoms with E-state index in [9.17, 15) is 0 Å². The molecular formula is C13H37N7P2. The molecule has 0 saturated carbocycles. The van der Waals surface area contributed by atoms with Crippen molar-refractivity contribution in [3.8, 4) is 0 Å². The summed E-state index contributed by atoms with van der Waals surface area (Å²) in [6.45, 7) is 0. The van der Waals surface area contributed by atoms with Crippen LogP contribution in [0.3, 0.4) is 0 Å². The van der Waals surface area contributed by atoms with E-state index in [1.807, 2.05) is 0 Å². The van der Waals surface area contributed by atoms with Gasteiger partial charge in [-0.3, -0.25) is 28.0 Å². The Bertz CT molecular complexity index is 354. The van der Waals surface area contributed by atoms with Gasteiger partial charge in [-0.05, 0) is 84.6 Å². The highest BCUT2D eigenvalue weighted by Crippen LogP contribution is 2.58. The number of rotatable bonds is 7. The summed E-state index contributed by atoms with van der Waals surface area (Å²) in [7, 11) is 21.7. The van der Waals surface area contributed by atoms with E-state index in [1.54, 1.807) is 0 Å². The zero-order valence-corrected chi connectivity index (χ0v) is 18.4. The van der Waals surface area contributed by atoms with Crippen molar-refractivity contribution in [1.29, 1.82) is 0 Å². The minimum absolute atomic E-state index is 1.77. The molecule has 0 saturated heterocycles. The topological polar surface area (TPSA) is 31.8 Å². The summed E-state index contributed by atoms with van der Waals surface area (Å²) in [6.07, 6.45) is 0. The summed E-state index contributed by atoms with van der Waals surface area (Å²) < 4.78 is 18.7. The second kappa shape index (κ2) is 8.41. The zero-order valence-electron chi connectivity index (χ0n) is 16.6. The molecule has 0 aliphatic rings. The minimum Gasteiger partial charge on any atom is -0.265 e. The molecule has 0 bridgehead atoms. The number of nitrogens with zero attached hydrogens (tertiary/aromatic N) is 7. The highest BCUT2D eigenvalue weighted by Gasteiger charge is 2.30. The smallest absolute Gasteiger partial charge is 0.170 e. The largest absolute Gasteiger partial charge is 0.265 e. The van der Waals surface area contributed by atoms with Crippen LogP contribution in [0.2, 0.25) is 0 Å². The maximum atomic E-state index is 5.18. The maximum absolute atomic E-state index is 5.18. The normalized spacial score (nSPS) is 14.1. The Morgan fingerprint density at radius 1 is 0.500 bits per heavy atom. The highest BCUT2D eigenvalue weighted by molar-refractivity contribution is 7.69. The van der Waals surface area contributed by atoms with Crippen molar-refractivity contribution in [2.45, 2.75) is 0 Å². The van der Waals surface area contributed by atoms with Gasteiger partial charge in [0, 0.05) is 0 Å². The lowest BCUT2D eigenvalue weighted by Gasteiger charge is -2.44. The fourth-order valence-corrected chi connectivity index (χ4v) is 9.55. The van der Waals surface area contributed by atoms with Gasteiger partial charge in [-0.25, -0.2) is 4.74 Å². The molecule has 134 valence electrons. The van der Waals surface area contributed by atoms with Crippen molar-refractivity contribution in [3.63, 3.8) is 0 Å². The van der Waals surface area contributed by atoms with Gasteiger partial charge in [0.2, 0.25) is 0 Å². The van der Waals surface area contributed by atoms with Crippen molar-refractivity contribution >= 4 is 20.8 Å². The van der Waals surface area contributed by atoms with Crippen LogP contribution < -0.4 is 0 Å². The van der Waals surface area contributed by atoms with E-state index >= 15 is 0 Å². The van der Waals surface area contributed by atoms with Gasteiger partial charge < -0.3 is 0 Å². The molecule has 0 unspecified atom stereocenters. The van der Waals surface area contributed by atoms with Gasteiger partial charge >= 0.3 is 0 Å². The Balaban J connectivity index is 6.60. The number of hydrogen-bond acceptors (Lipinski definition) is 3. The molecule has 0 aliphatic carbocycles. The quantitative estimate of drug-likeness (QED) is 0.649. The summed E-state index contributed by atoms with van der Waals surface area (Å²) in [5, 5.41) is 0.